The number of carboxylic acids is 1. The Morgan fingerprint density at radius 1 is 0.462 bits per heavy atom. The number of nitrogens with zero attached hydrogens (tertiary/aromatic N) is 15. The maximum absolute atomic E-state index is 14.1. The van der Waals surface area contributed by atoms with Crippen LogP contribution in [0.1, 0.15) is 142 Å². The number of pyridine rings is 2. The summed E-state index contributed by atoms with van der Waals surface area (Å²) in [4.78, 5) is 154. The number of fused-ring (bicyclic) bond motifs is 4. The Hall–Kier alpha value is -13.5. The van der Waals surface area contributed by atoms with Gasteiger partial charge in [0.05, 0.1) is 58.1 Å². The summed E-state index contributed by atoms with van der Waals surface area (Å²) in [6.07, 6.45) is 9.23. The third-order valence-corrected chi connectivity index (χ3v) is 22.3. The van der Waals surface area contributed by atoms with Crippen LogP contribution in [-0.2, 0) is 28.8 Å². The molecule has 600 valence electrons. The van der Waals surface area contributed by atoms with Crippen LogP contribution in [0, 0.1) is 11.6 Å². The third-order valence-electron chi connectivity index (χ3n) is 22.3. The highest BCUT2D eigenvalue weighted by atomic mass is 19.1. The number of carbonyl (C=O) groups excluding carboxylic acids is 9. The molecule has 31 nitrogen and oxygen atoms in total. The standard InChI is InChI=1S/C42H41FN10O5.C25H26FN7.C17H17N3O6/c43-27-6-1-5-26(23-27)32-8-4-18-51(32)37-15-14-35-45-25-34(53(35)48-37)31-7-2-9-36(46-31)49-19-21-50(22-20-49)39(55)10-3-17-44-28-11-12-29-30(24-28)42(58)52(41(29)57)33-13-16-38(54)47-40(33)56;26-19-5-1-4-18(16-19)21-7-3-13-32(21)25-10-9-23-28-17-22(33(23)30-25)20-6-2-8-24(29-20)31-14-11-27-12-15-31;21-13-6-5-12(15(24)19-13)20-16(25)10-4-3-9(8-11(10)17(20)26)18-7-1-2-14(22)23/h1-2,5-7,9,11-12,14-15,23-25,32-33,44H,3-4,8,10,13,16-22H2,(H,47,54,56);1-2,4-6,8-10,16-17,21,27H,3,7,11-15H2;3-4,8,12,18H,1-2,5-7H2,(H,22,23)(H,19,21,24)/t32-,33?;21-;/m11./s1. The lowest BCUT2D eigenvalue weighted by Gasteiger charge is -2.35. The van der Waals surface area contributed by atoms with Crippen LogP contribution in [0.4, 0.5) is 43.4 Å². The van der Waals surface area contributed by atoms with Gasteiger partial charge in [0.15, 0.2) is 11.3 Å². The van der Waals surface area contributed by atoms with E-state index >= 15 is 0 Å². The summed E-state index contributed by atoms with van der Waals surface area (Å²) in [6.45, 7) is 8.80. The average Bonchev–Trinajstić information content (AvgIpc) is 1.59. The minimum absolute atomic E-state index is 0.0264. The van der Waals surface area contributed by atoms with Crippen molar-refractivity contribution >= 4 is 105 Å². The maximum Gasteiger partial charge on any atom is 0.303 e. The van der Waals surface area contributed by atoms with E-state index < -0.39 is 65.3 Å². The van der Waals surface area contributed by atoms with Crippen molar-refractivity contribution in [3.8, 4) is 22.8 Å². The molecule has 8 aliphatic rings. The van der Waals surface area contributed by atoms with Crippen molar-refractivity contribution in [1.29, 1.82) is 0 Å². The number of anilines is 6. The zero-order chi connectivity index (χ0) is 81.0. The molecule has 18 rings (SSSR count). The van der Waals surface area contributed by atoms with Gasteiger partial charge in [0.1, 0.15) is 58.4 Å². The summed E-state index contributed by atoms with van der Waals surface area (Å²) >= 11 is 0. The summed E-state index contributed by atoms with van der Waals surface area (Å²) in [6, 6.07) is 41.2. The number of carbonyl (C=O) groups is 10. The molecule has 6 aromatic heterocycles. The molecule has 0 saturated carbocycles. The molecule has 6 saturated heterocycles. The smallest absolute Gasteiger partial charge is 0.303 e. The predicted octanol–water partition coefficient (Wildman–Crippen LogP) is 8.26. The normalized spacial score (nSPS) is 19.4. The summed E-state index contributed by atoms with van der Waals surface area (Å²) in [5, 5.41) is 32.5. The molecular weight excluding hydrogens is 1500 g/mol. The molecular formula is C84H84F2N20O11. The molecule has 14 heterocycles. The van der Waals surface area contributed by atoms with E-state index in [1.165, 1.54) is 24.3 Å². The number of imide groups is 4. The minimum atomic E-state index is -1.02. The van der Waals surface area contributed by atoms with Gasteiger partial charge in [-0.25, -0.2) is 37.7 Å². The number of hydrogen-bond donors (Lipinski definition) is 6. The zero-order valence-electron chi connectivity index (χ0n) is 63.8. The van der Waals surface area contributed by atoms with Gasteiger partial charge in [-0.3, -0.25) is 68.4 Å². The number of aliphatic carboxylic acids is 1. The lowest BCUT2D eigenvalue weighted by atomic mass is 10.0. The Morgan fingerprint density at radius 2 is 0.915 bits per heavy atom. The molecule has 8 aliphatic heterocycles. The van der Waals surface area contributed by atoms with E-state index in [0.29, 0.717) is 75.6 Å². The van der Waals surface area contributed by atoms with Crippen LogP contribution in [0.15, 0.2) is 158 Å². The topological polar surface area (TPSA) is 360 Å². The molecule has 117 heavy (non-hydrogen) atoms. The van der Waals surface area contributed by atoms with Gasteiger partial charge in [-0.2, -0.15) is 0 Å². The largest absolute Gasteiger partial charge is 0.481 e. The van der Waals surface area contributed by atoms with Gasteiger partial charge >= 0.3 is 5.97 Å². The van der Waals surface area contributed by atoms with E-state index in [1.807, 2.05) is 86.9 Å². The second kappa shape index (κ2) is 33.9. The van der Waals surface area contributed by atoms with Crippen molar-refractivity contribution in [1.82, 2.24) is 69.8 Å². The van der Waals surface area contributed by atoms with E-state index in [0.717, 1.165) is 138 Å². The summed E-state index contributed by atoms with van der Waals surface area (Å²) in [7, 11) is 0. The van der Waals surface area contributed by atoms with Gasteiger partial charge in [-0.1, -0.05) is 36.4 Å². The van der Waals surface area contributed by atoms with Crippen LogP contribution in [0.5, 0.6) is 0 Å². The van der Waals surface area contributed by atoms with Gasteiger partial charge < -0.3 is 45.6 Å². The Kier molecular flexibility index (Phi) is 22.5. The molecule has 4 atom stereocenters. The summed E-state index contributed by atoms with van der Waals surface area (Å²) in [5.74, 6) is -2.22. The number of nitrogens with one attached hydrogen (secondary N) is 5. The second-order valence-electron chi connectivity index (χ2n) is 29.8. The minimum Gasteiger partial charge on any atom is -0.481 e. The fourth-order valence-electron chi connectivity index (χ4n) is 16.4. The van der Waals surface area contributed by atoms with Gasteiger partial charge in [0.2, 0.25) is 29.5 Å². The van der Waals surface area contributed by atoms with Crippen LogP contribution >= 0.6 is 0 Å². The van der Waals surface area contributed by atoms with Crippen LogP contribution in [0.25, 0.3) is 34.1 Å². The predicted molar refractivity (Wildman–Crippen MR) is 427 cm³/mol. The molecule has 4 aromatic carbocycles. The van der Waals surface area contributed by atoms with E-state index in [2.05, 4.69) is 62.2 Å². The zero-order valence-corrected chi connectivity index (χ0v) is 63.8. The van der Waals surface area contributed by atoms with Crippen LogP contribution in [0.2, 0.25) is 0 Å². The number of benzene rings is 4. The number of aromatic nitrogens is 8. The number of carboxylic acid groups (broad SMARTS) is 1. The quantitative estimate of drug-likeness (QED) is 0.0309. The highest BCUT2D eigenvalue weighted by Crippen LogP contribution is 2.39. The first-order valence-electron chi connectivity index (χ1n) is 39.4. The van der Waals surface area contributed by atoms with Gasteiger partial charge in [-0.05, 0) is 172 Å². The molecule has 9 amide bonds. The van der Waals surface area contributed by atoms with Crippen molar-refractivity contribution in [2.75, 3.05) is 109 Å². The lowest BCUT2D eigenvalue weighted by molar-refractivity contribution is -0.138. The number of amides is 9. The van der Waals surface area contributed by atoms with Crippen LogP contribution in [0.3, 0.4) is 0 Å². The third kappa shape index (κ3) is 16.5. The van der Waals surface area contributed by atoms with Crippen molar-refractivity contribution in [3.63, 3.8) is 0 Å². The van der Waals surface area contributed by atoms with E-state index in [4.69, 9.17) is 25.3 Å². The first kappa shape index (κ1) is 77.5. The fraction of sp³-hybridized carbons (Fsp3) is 0.333. The number of imidazole rings is 2. The molecule has 6 fully saturated rings. The fourth-order valence-corrected chi connectivity index (χ4v) is 16.4. The van der Waals surface area contributed by atoms with Gasteiger partial charge in [0, 0.05) is 116 Å². The molecule has 2 unspecified atom stereocenters. The molecule has 6 N–H and O–H groups in total. The van der Waals surface area contributed by atoms with Gasteiger partial charge in [-0.15, -0.1) is 10.2 Å². The SMILES string of the molecule is Fc1cccc([C@H]2CCCN2c2ccc3ncc(-c4cccc(N5CCNCC5)n4)n3n2)c1.O=C(O)CCCNc1ccc2c(c1)C(=O)N(C1CCC(=O)NC1=O)C2=O.O=C1CCC(N2C(=O)c3ccc(NCCCC(=O)N4CCN(c5cccc(-c6cnc7ccc(N8CCC[C@@H]8c8cccc(F)c8)nn67)n5)CC4)cc3C2=O)C(=O)N1. The monoisotopic (exact) mass is 1590 g/mol. The van der Waals surface area contributed by atoms with Crippen molar-refractivity contribution in [3.05, 3.63) is 203 Å². The number of hydrogen-bond acceptors (Lipinski definition) is 23. The number of halogens is 2. The van der Waals surface area contributed by atoms with E-state index in [9.17, 15) is 56.7 Å². The Bertz CT molecular complexity index is 5570. The van der Waals surface area contributed by atoms with Crippen molar-refractivity contribution in [2.45, 2.75) is 101 Å². The first-order valence-corrected chi connectivity index (χ1v) is 39.4. The number of rotatable bonds is 20. The highest BCUT2D eigenvalue weighted by molar-refractivity contribution is 6.25. The summed E-state index contributed by atoms with van der Waals surface area (Å²) in [5.41, 5.74) is 8.64. The first-order chi connectivity index (χ1) is 56.9. The van der Waals surface area contributed by atoms with Crippen LogP contribution < -0.4 is 46.2 Å². The molecule has 10 aromatic rings. The van der Waals surface area contributed by atoms with E-state index in [-0.39, 0.29) is 84.0 Å². The molecule has 0 bridgehead atoms. The van der Waals surface area contributed by atoms with Crippen molar-refractivity contribution < 1.29 is 61.8 Å². The molecule has 0 aliphatic carbocycles. The van der Waals surface area contributed by atoms with Crippen LogP contribution in [-0.4, -0.2) is 209 Å². The number of piperazine rings is 2. The Labute approximate surface area is 669 Å². The second-order valence-corrected chi connectivity index (χ2v) is 29.8. The molecule has 0 spiro atoms. The van der Waals surface area contributed by atoms with E-state index in [1.54, 1.807) is 54.7 Å². The Balaban J connectivity index is 0.000000146. The highest BCUT2D eigenvalue weighted by Gasteiger charge is 2.47. The molecule has 33 heteroatoms. The van der Waals surface area contributed by atoms with Crippen molar-refractivity contribution in [2.24, 2.45) is 0 Å². The Morgan fingerprint density at radius 3 is 1.38 bits per heavy atom. The molecule has 0 radical (unpaired) electrons. The number of piperidine rings is 2. The summed E-state index contributed by atoms with van der Waals surface area (Å²) < 4.78 is 31.6. The average molecular weight is 1590 g/mol. The van der Waals surface area contributed by atoms with Gasteiger partial charge in [0.25, 0.3) is 23.6 Å². The lowest BCUT2D eigenvalue weighted by Crippen LogP contribution is -2.54. The maximum atomic E-state index is 14.1.